The molecule has 1 atom stereocenters. The third-order valence-electron chi connectivity index (χ3n) is 3.07. The number of rotatable bonds is 2. The van der Waals surface area contributed by atoms with Gasteiger partial charge in [-0.05, 0) is 35.8 Å². The molecular formula is C14H17ClN2S. The fraction of sp³-hybridized carbons (Fsp3) is 0.500. The third-order valence-corrected chi connectivity index (χ3v) is 4.93. The molecular weight excluding hydrogens is 264 g/mol. The maximum absolute atomic E-state index is 9.10. The van der Waals surface area contributed by atoms with Gasteiger partial charge in [0.25, 0.3) is 0 Å². The quantitative estimate of drug-likeness (QED) is 0.884. The summed E-state index contributed by atoms with van der Waals surface area (Å²) in [6, 6.07) is 7.98. The van der Waals surface area contributed by atoms with E-state index in [0.29, 0.717) is 22.0 Å². The minimum Gasteiger partial charge on any atom is -0.380 e. The molecule has 1 saturated heterocycles. The van der Waals surface area contributed by atoms with Crippen LogP contribution in [0.4, 0.5) is 5.69 Å². The minimum atomic E-state index is 0.353. The molecule has 0 spiro atoms. The molecule has 2 nitrogen and oxygen atoms in total. The van der Waals surface area contributed by atoms with Crippen molar-refractivity contribution in [2.75, 3.05) is 16.8 Å². The first-order valence-corrected chi connectivity index (χ1v) is 7.57. The Labute approximate surface area is 118 Å². The number of nitrogens with zero attached hydrogens (tertiary/aromatic N) is 1. The van der Waals surface area contributed by atoms with E-state index in [4.69, 9.17) is 16.9 Å². The molecule has 1 unspecified atom stereocenters. The molecule has 1 N–H and O–H groups in total. The number of anilines is 1. The van der Waals surface area contributed by atoms with Gasteiger partial charge in [-0.25, -0.2) is 0 Å². The van der Waals surface area contributed by atoms with E-state index in [1.165, 1.54) is 5.75 Å². The normalized spacial score (nSPS) is 22.2. The zero-order valence-corrected chi connectivity index (χ0v) is 12.2. The van der Waals surface area contributed by atoms with Crippen molar-refractivity contribution in [2.45, 2.75) is 26.3 Å². The summed E-state index contributed by atoms with van der Waals surface area (Å²) in [5.74, 6) is 2.28. The lowest BCUT2D eigenvalue weighted by molar-refractivity contribution is 0.358. The fourth-order valence-corrected chi connectivity index (χ4v) is 3.75. The molecule has 1 aliphatic heterocycles. The summed E-state index contributed by atoms with van der Waals surface area (Å²) in [4.78, 5) is 0. The Balaban J connectivity index is 2.14. The number of nitriles is 1. The van der Waals surface area contributed by atoms with Crippen LogP contribution in [0.3, 0.4) is 0 Å². The van der Waals surface area contributed by atoms with Crippen molar-refractivity contribution in [1.29, 1.82) is 5.26 Å². The van der Waals surface area contributed by atoms with E-state index in [-0.39, 0.29) is 0 Å². The lowest BCUT2D eigenvalue weighted by Gasteiger charge is -2.35. The number of thioether (sulfide) groups is 1. The van der Waals surface area contributed by atoms with Crippen molar-refractivity contribution in [3.8, 4) is 6.07 Å². The Hall–Kier alpha value is -0.850. The van der Waals surface area contributed by atoms with Gasteiger partial charge in [-0.2, -0.15) is 17.0 Å². The molecule has 4 heteroatoms. The Bertz CT molecular complexity index is 479. The Kier molecular flexibility index (Phi) is 4.09. The molecule has 1 aromatic rings. The molecule has 0 saturated carbocycles. The monoisotopic (exact) mass is 280 g/mol. The van der Waals surface area contributed by atoms with E-state index in [0.717, 1.165) is 17.9 Å². The highest BCUT2D eigenvalue weighted by Gasteiger charge is 2.28. The summed E-state index contributed by atoms with van der Waals surface area (Å²) in [7, 11) is 0. The van der Waals surface area contributed by atoms with Gasteiger partial charge < -0.3 is 5.32 Å². The van der Waals surface area contributed by atoms with Gasteiger partial charge in [-0.3, -0.25) is 0 Å². The van der Waals surface area contributed by atoms with E-state index in [1.807, 2.05) is 17.8 Å². The molecule has 1 aromatic carbocycles. The third kappa shape index (κ3) is 3.34. The van der Waals surface area contributed by atoms with E-state index >= 15 is 0 Å². The van der Waals surface area contributed by atoms with Crippen LogP contribution in [0, 0.1) is 16.7 Å². The topological polar surface area (TPSA) is 35.8 Å². The second-order valence-corrected chi connectivity index (χ2v) is 6.99. The van der Waals surface area contributed by atoms with Gasteiger partial charge in [0.1, 0.15) is 6.07 Å². The Morgan fingerprint density at radius 2 is 2.28 bits per heavy atom. The van der Waals surface area contributed by atoms with Crippen LogP contribution >= 0.6 is 23.4 Å². The Morgan fingerprint density at radius 3 is 2.94 bits per heavy atom. The van der Waals surface area contributed by atoms with Crippen LogP contribution in [-0.4, -0.2) is 17.5 Å². The molecule has 0 radical (unpaired) electrons. The molecule has 0 amide bonds. The molecule has 1 heterocycles. The van der Waals surface area contributed by atoms with Crippen molar-refractivity contribution >= 4 is 29.1 Å². The molecule has 1 aliphatic rings. The maximum atomic E-state index is 9.10. The van der Waals surface area contributed by atoms with Crippen molar-refractivity contribution in [1.82, 2.24) is 0 Å². The first-order valence-electron chi connectivity index (χ1n) is 6.04. The van der Waals surface area contributed by atoms with E-state index in [2.05, 4.69) is 25.2 Å². The molecule has 0 aliphatic carbocycles. The van der Waals surface area contributed by atoms with Crippen LogP contribution in [0.1, 0.15) is 25.8 Å². The fourth-order valence-electron chi connectivity index (χ4n) is 2.31. The largest absolute Gasteiger partial charge is 0.380 e. The van der Waals surface area contributed by atoms with Gasteiger partial charge in [0.15, 0.2) is 0 Å². The molecule has 96 valence electrons. The predicted molar refractivity (Wildman–Crippen MR) is 79.3 cm³/mol. The lowest BCUT2D eigenvalue weighted by Crippen LogP contribution is -2.35. The minimum absolute atomic E-state index is 0.353. The van der Waals surface area contributed by atoms with Crippen LogP contribution < -0.4 is 5.32 Å². The lowest BCUT2D eigenvalue weighted by atomic mass is 9.87. The first-order chi connectivity index (χ1) is 8.50. The molecule has 1 fully saturated rings. The SMILES string of the molecule is CC1(C)CSCC(Nc2cc(Cl)ccc2C#N)C1. The summed E-state index contributed by atoms with van der Waals surface area (Å²) in [6.45, 7) is 4.58. The second-order valence-electron chi connectivity index (χ2n) is 5.53. The number of hydrogen-bond donors (Lipinski definition) is 1. The standard InChI is InChI=1S/C14H17ClN2S/c1-14(2)6-12(8-18-9-14)17-13-5-11(15)4-3-10(13)7-16/h3-5,12,17H,6,8-9H2,1-2H3. The van der Waals surface area contributed by atoms with Crippen LogP contribution in [0.5, 0.6) is 0 Å². The molecule has 0 aromatic heterocycles. The van der Waals surface area contributed by atoms with Gasteiger partial charge >= 0.3 is 0 Å². The van der Waals surface area contributed by atoms with Crippen molar-refractivity contribution < 1.29 is 0 Å². The van der Waals surface area contributed by atoms with Gasteiger partial charge in [-0.15, -0.1) is 0 Å². The molecule has 18 heavy (non-hydrogen) atoms. The predicted octanol–water partition coefficient (Wildman–Crippen LogP) is 4.16. The molecule has 0 bridgehead atoms. The number of nitrogens with one attached hydrogen (secondary N) is 1. The van der Waals surface area contributed by atoms with Gasteiger partial charge in [0.2, 0.25) is 0 Å². The zero-order valence-electron chi connectivity index (χ0n) is 10.7. The summed E-state index contributed by atoms with van der Waals surface area (Å²) < 4.78 is 0. The van der Waals surface area contributed by atoms with Crippen LogP contribution in [-0.2, 0) is 0 Å². The second kappa shape index (κ2) is 5.42. The van der Waals surface area contributed by atoms with Gasteiger partial charge in [-0.1, -0.05) is 25.4 Å². The van der Waals surface area contributed by atoms with Crippen LogP contribution in [0.2, 0.25) is 5.02 Å². The highest BCUT2D eigenvalue weighted by Crippen LogP contribution is 2.35. The smallest absolute Gasteiger partial charge is 0.101 e. The average Bonchev–Trinajstić information content (AvgIpc) is 2.28. The van der Waals surface area contributed by atoms with Crippen LogP contribution in [0.25, 0.3) is 0 Å². The van der Waals surface area contributed by atoms with E-state index in [1.54, 1.807) is 12.1 Å². The van der Waals surface area contributed by atoms with Crippen molar-refractivity contribution in [3.05, 3.63) is 28.8 Å². The Morgan fingerprint density at radius 1 is 1.50 bits per heavy atom. The highest BCUT2D eigenvalue weighted by atomic mass is 35.5. The summed E-state index contributed by atoms with van der Waals surface area (Å²) in [5, 5.41) is 13.2. The summed E-state index contributed by atoms with van der Waals surface area (Å²) >= 11 is 7.96. The van der Waals surface area contributed by atoms with Gasteiger partial charge in [0, 0.05) is 16.8 Å². The van der Waals surface area contributed by atoms with E-state index in [9.17, 15) is 0 Å². The number of hydrogen-bond acceptors (Lipinski definition) is 3. The zero-order chi connectivity index (χ0) is 13.2. The first kappa shape index (κ1) is 13.6. The highest BCUT2D eigenvalue weighted by molar-refractivity contribution is 7.99. The van der Waals surface area contributed by atoms with Gasteiger partial charge in [0.05, 0.1) is 11.3 Å². The van der Waals surface area contributed by atoms with Crippen molar-refractivity contribution in [2.24, 2.45) is 5.41 Å². The van der Waals surface area contributed by atoms with Crippen molar-refractivity contribution in [3.63, 3.8) is 0 Å². The summed E-state index contributed by atoms with van der Waals surface area (Å²) in [6.07, 6.45) is 1.12. The van der Waals surface area contributed by atoms with Crippen LogP contribution in [0.15, 0.2) is 18.2 Å². The maximum Gasteiger partial charge on any atom is 0.101 e. The molecule has 2 rings (SSSR count). The number of benzene rings is 1. The van der Waals surface area contributed by atoms with E-state index < -0.39 is 0 Å². The summed E-state index contributed by atoms with van der Waals surface area (Å²) in [5.41, 5.74) is 1.87. The average molecular weight is 281 g/mol. The number of halogens is 1.